The molecule has 0 aliphatic heterocycles. The number of benzene rings is 1. The molecule has 0 saturated carbocycles. The van der Waals surface area contributed by atoms with Gasteiger partial charge in [-0.25, -0.2) is 4.98 Å². The Kier molecular flexibility index (Phi) is 5.05. The monoisotopic (exact) mass is 283 g/mol. The number of esters is 1. The fraction of sp³-hybridized carbons (Fsp3) is 0.176. The molecule has 2 aromatic rings. The summed E-state index contributed by atoms with van der Waals surface area (Å²) in [6.45, 7) is 0. The van der Waals surface area contributed by atoms with Gasteiger partial charge in [-0.3, -0.25) is 4.79 Å². The highest BCUT2D eigenvalue weighted by atomic mass is 19.1. The Morgan fingerprint density at radius 3 is 2.57 bits per heavy atom. The number of rotatable bonds is 3. The minimum Gasteiger partial charge on any atom is -0.469 e. The van der Waals surface area contributed by atoms with E-state index in [1.165, 1.54) is 19.4 Å². The van der Waals surface area contributed by atoms with Gasteiger partial charge in [0.25, 0.3) is 0 Å². The van der Waals surface area contributed by atoms with Crippen molar-refractivity contribution in [2.45, 2.75) is 12.8 Å². The number of methoxy groups -OCH3 is 1. The smallest absolute Gasteiger partial charge is 0.305 e. The van der Waals surface area contributed by atoms with Crippen LogP contribution in [0.3, 0.4) is 0 Å². The van der Waals surface area contributed by atoms with Crippen molar-refractivity contribution in [3.63, 3.8) is 0 Å². The van der Waals surface area contributed by atoms with E-state index in [1.807, 2.05) is 24.3 Å². The molecule has 2 rings (SSSR count). The summed E-state index contributed by atoms with van der Waals surface area (Å²) >= 11 is 0. The maximum atomic E-state index is 12.9. The first kappa shape index (κ1) is 14.7. The normalized spacial score (nSPS) is 9.62. The van der Waals surface area contributed by atoms with Gasteiger partial charge in [-0.1, -0.05) is 24.0 Å². The van der Waals surface area contributed by atoms with E-state index in [9.17, 15) is 9.18 Å². The number of pyridine rings is 1. The lowest BCUT2D eigenvalue weighted by Gasteiger charge is -2.00. The largest absolute Gasteiger partial charge is 0.469 e. The molecule has 0 atom stereocenters. The third-order valence-corrected chi connectivity index (χ3v) is 2.88. The third kappa shape index (κ3) is 4.73. The van der Waals surface area contributed by atoms with Crippen molar-refractivity contribution in [2.24, 2.45) is 0 Å². The van der Waals surface area contributed by atoms with Gasteiger partial charge in [0.05, 0.1) is 7.11 Å². The van der Waals surface area contributed by atoms with Crippen LogP contribution < -0.4 is 0 Å². The molecule has 0 aliphatic carbocycles. The highest BCUT2D eigenvalue weighted by Crippen LogP contribution is 2.07. The summed E-state index contributed by atoms with van der Waals surface area (Å²) in [6.07, 6.45) is 2.38. The van der Waals surface area contributed by atoms with E-state index < -0.39 is 5.95 Å². The molecule has 1 aromatic heterocycles. The molecule has 0 aliphatic rings. The van der Waals surface area contributed by atoms with Crippen molar-refractivity contribution in [1.82, 2.24) is 4.98 Å². The standard InChI is InChI=1S/C17H14FNO2/c1-21-17(20)9-8-14-4-2-13(3-5-14)6-7-15-10-11-19-16(18)12-15/h2-5,10-12H,8-9H2,1H3. The zero-order valence-electron chi connectivity index (χ0n) is 11.6. The molecular formula is C17H14FNO2. The number of nitrogens with zero attached hydrogens (tertiary/aromatic N) is 1. The summed E-state index contributed by atoms with van der Waals surface area (Å²) in [5.74, 6) is 5.07. The van der Waals surface area contributed by atoms with Gasteiger partial charge in [0.2, 0.25) is 5.95 Å². The average Bonchev–Trinajstić information content (AvgIpc) is 2.51. The summed E-state index contributed by atoms with van der Waals surface area (Å²) in [6, 6.07) is 10.5. The zero-order chi connectivity index (χ0) is 15.1. The zero-order valence-corrected chi connectivity index (χ0v) is 11.6. The van der Waals surface area contributed by atoms with Crippen molar-refractivity contribution in [2.75, 3.05) is 7.11 Å². The lowest BCUT2D eigenvalue weighted by molar-refractivity contribution is -0.140. The van der Waals surface area contributed by atoms with Crippen molar-refractivity contribution in [3.05, 3.63) is 65.2 Å². The fourth-order valence-electron chi connectivity index (χ4n) is 1.73. The van der Waals surface area contributed by atoms with Crippen LogP contribution in [0.15, 0.2) is 42.6 Å². The molecule has 4 heteroatoms. The number of aromatic nitrogens is 1. The first-order chi connectivity index (χ1) is 10.2. The van der Waals surface area contributed by atoms with Gasteiger partial charge in [0, 0.05) is 29.8 Å². The number of hydrogen-bond donors (Lipinski definition) is 0. The van der Waals surface area contributed by atoms with Crippen LogP contribution in [0.4, 0.5) is 4.39 Å². The second-order valence-electron chi connectivity index (χ2n) is 4.39. The second kappa shape index (κ2) is 7.20. The lowest BCUT2D eigenvalue weighted by atomic mass is 10.1. The van der Waals surface area contributed by atoms with Crippen LogP contribution in [0, 0.1) is 17.8 Å². The topological polar surface area (TPSA) is 39.2 Å². The number of ether oxygens (including phenoxy) is 1. The van der Waals surface area contributed by atoms with Gasteiger partial charge in [0.1, 0.15) is 0 Å². The van der Waals surface area contributed by atoms with Crippen LogP contribution in [0.5, 0.6) is 0 Å². The number of hydrogen-bond acceptors (Lipinski definition) is 3. The van der Waals surface area contributed by atoms with E-state index in [1.54, 1.807) is 6.07 Å². The van der Waals surface area contributed by atoms with Crippen LogP contribution >= 0.6 is 0 Å². The van der Waals surface area contributed by atoms with E-state index >= 15 is 0 Å². The SMILES string of the molecule is COC(=O)CCc1ccc(C#Cc2ccnc(F)c2)cc1. The molecule has 106 valence electrons. The quantitative estimate of drug-likeness (QED) is 0.494. The van der Waals surface area contributed by atoms with Crippen LogP contribution in [0.25, 0.3) is 0 Å². The van der Waals surface area contributed by atoms with Crippen molar-refractivity contribution in [1.29, 1.82) is 0 Å². The Balaban J connectivity index is 2.01. The second-order valence-corrected chi connectivity index (χ2v) is 4.39. The van der Waals surface area contributed by atoms with Gasteiger partial charge in [-0.2, -0.15) is 4.39 Å². The molecule has 0 unspecified atom stereocenters. The summed E-state index contributed by atoms with van der Waals surface area (Å²) in [5.41, 5.74) is 2.45. The molecule has 1 aromatic carbocycles. The Hall–Kier alpha value is -2.67. The van der Waals surface area contributed by atoms with E-state index in [0.717, 1.165) is 11.1 Å². The van der Waals surface area contributed by atoms with E-state index in [4.69, 9.17) is 0 Å². The highest BCUT2D eigenvalue weighted by Gasteiger charge is 2.01. The van der Waals surface area contributed by atoms with Crippen molar-refractivity contribution < 1.29 is 13.9 Å². The van der Waals surface area contributed by atoms with E-state index in [-0.39, 0.29) is 5.97 Å². The first-order valence-electron chi connectivity index (χ1n) is 6.47. The summed E-state index contributed by atoms with van der Waals surface area (Å²) < 4.78 is 17.5. The molecule has 0 bridgehead atoms. The molecule has 0 radical (unpaired) electrons. The predicted octanol–water partition coefficient (Wildman–Crippen LogP) is 2.73. The highest BCUT2D eigenvalue weighted by molar-refractivity contribution is 5.69. The number of aryl methyl sites for hydroxylation is 1. The molecule has 0 fully saturated rings. The molecule has 3 nitrogen and oxygen atoms in total. The van der Waals surface area contributed by atoms with E-state index in [2.05, 4.69) is 21.6 Å². The molecule has 0 spiro atoms. The van der Waals surface area contributed by atoms with Crippen LogP contribution in [-0.4, -0.2) is 18.1 Å². The third-order valence-electron chi connectivity index (χ3n) is 2.88. The maximum Gasteiger partial charge on any atom is 0.305 e. The van der Waals surface area contributed by atoms with Gasteiger partial charge in [0.15, 0.2) is 0 Å². The first-order valence-corrected chi connectivity index (χ1v) is 6.47. The van der Waals surface area contributed by atoms with Crippen molar-refractivity contribution >= 4 is 5.97 Å². The Labute approximate surface area is 122 Å². The number of halogens is 1. The molecule has 0 N–H and O–H groups in total. The van der Waals surface area contributed by atoms with E-state index in [0.29, 0.717) is 18.4 Å². The molecule has 21 heavy (non-hydrogen) atoms. The van der Waals surface area contributed by atoms with Crippen LogP contribution in [-0.2, 0) is 16.0 Å². The Bertz CT molecular complexity index is 684. The predicted molar refractivity (Wildman–Crippen MR) is 77.0 cm³/mol. The van der Waals surface area contributed by atoms with Crippen molar-refractivity contribution in [3.8, 4) is 11.8 Å². The summed E-state index contributed by atoms with van der Waals surface area (Å²) in [4.78, 5) is 14.5. The van der Waals surface area contributed by atoms with Gasteiger partial charge >= 0.3 is 5.97 Å². The number of carbonyl (C=O) groups is 1. The van der Waals surface area contributed by atoms with Crippen LogP contribution in [0.2, 0.25) is 0 Å². The minimum absolute atomic E-state index is 0.224. The Morgan fingerprint density at radius 2 is 1.90 bits per heavy atom. The lowest BCUT2D eigenvalue weighted by Crippen LogP contribution is -2.01. The molecular weight excluding hydrogens is 269 g/mol. The summed E-state index contributed by atoms with van der Waals surface area (Å²) in [7, 11) is 1.38. The Morgan fingerprint density at radius 1 is 1.19 bits per heavy atom. The van der Waals surface area contributed by atoms with Gasteiger partial charge in [-0.05, 0) is 30.2 Å². The molecule has 0 amide bonds. The van der Waals surface area contributed by atoms with Crippen LogP contribution in [0.1, 0.15) is 23.1 Å². The number of carbonyl (C=O) groups excluding carboxylic acids is 1. The minimum atomic E-state index is -0.542. The molecule has 0 saturated heterocycles. The molecule has 1 heterocycles. The maximum absolute atomic E-state index is 12.9. The average molecular weight is 283 g/mol. The summed E-state index contributed by atoms with van der Waals surface area (Å²) in [5, 5.41) is 0. The van der Waals surface area contributed by atoms with Gasteiger partial charge in [-0.15, -0.1) is 0 Å². The van der Waals surface area contributed by atoms with Gasteiger partial charge < -0.3 is 4.74 Å². The fourth-order valence-corrected chi connectivity index (χ4v) is 1.73.